The molecule has 8 heteroatoms. The Kier molecular flexibility index (Phi) is 4.05. The number of nitrogens with one attached hydrogen (secondary N) is 1. The molecule has 0 atom stereocenters. The molecule has 2 heterocycles. The zero-order valence-electron chi connectivity index (χ0n) is 11.8. The van der Waals surface area contributed by atoms with Gasteiger partial charge in [-0.15, -0.1) is 0 Å². The fraction of sp³-hybridized carbons (Fsp3) is 0. The third-order valence-electron chi connectivity index (χ3n) is 2.86. The average molecular weight is 309 g/mol. The summed E-state index contributed by atoms with van der Waals surface area (Å²) < 4.78 is 5.45. The highest BCUT2D eigenvalue weighted by molar-refractivity contribution is 5.68. The minimum absolute atomic E-state index is 0.0510. The molecule has 0 amide bonds. The summed E-state index contributed by atoms with van der Waals surface area (Å²) >= 11 is 0. The smallest absolute Gasteiger partial charge is 0.373 e. The summed E-state index contributed by atoms with van der Waals surface area (Å²) in [4.78, 5) is 22.5. The molecule has 0 aliphatic heterocycles. The highest BCUT2D eigenvalue weighted by Gasteiger charge is 2.25. The van der Waals surface area contributed by atoms with Crippen LogP contribution in [-0.4, -0.2) is 19.9 Å². The van der Waals surface area contributed by atoms with Crippen LogP contribution in [0.3, 0.4) is 0 Å². The Hall–Kier alpha value is -3.55. The highest BCUT2D eigenvalue weighted by atomic mass is 16.6. The Balaban J connectivity index is 1.97. The molecule has 2 aromatic heterocycles. The van der Waals surface area contributed by atoms with Crippen molar-refractivity contribution >= 4 is 17.2 Å². The summed E-state index contributed by atoms with van der Waals surface area (Å²) in [5.74, 6) is 0.242. The molecule has 0 unspecified atom stereocenters. The Bertz CT molecular complexity index is 752. The van der Waals surface area contributed by atoms with Gasteiger partial charge in [-0.05, 0) is 24.3 Å². The topological polar surface area (TPSA) is 103 Å². The van der Waals surface area contributed by atoms with Crippen molar-refractivity contribution in [2.45, 2.75) is 0 Å². The van der Waals surface area contributed by atoms with Gasteiger partial charge < -0.3 is 10.1 Å². The SMILES string of the molecule is O=[N+]([O-])c1c(Nc2ccccc2)ncnc1Oc1cccnc1. The minimum atomic E-state index is -0.586. The Morgan fingerprint density at radius 3 is 2.61 bits per heavy atom. The van der Waals surface area contributed by atoms with Gasteiger partial charge in [0.05, 0.1) is 11.1 Å². The van der Waals surface area contributed by atoms with Crippen LogP contribution in [0.4, 0.5) is 17.2 Å². The van der Waals surface area contributed by atoms with E-state index in [0.717, 1.165) is 0 Å². The maximum Gasteiger partial charge on any atom is 0.373 e. The molecule has 0 saturated carbocycles. The van der Waals surface area contributed by atoms with Gasteiger partial charge in [-0.1, -0.05) is 18.2 Å². The fourth-order valence-electron chi connectivity index (χ4n) is 1.87. The van der Waals surface area contributed by atoms with Gasteiger partial charge in [0.15, 0.2) is 0 Å². The maximum atomic E-state index is 11.4. The number of pyridine rings is 1. The predicted octanol–water partition coefficient (Wildman–Crippen LogP) is 3.32. The third kappa shape index (κ3) is 3.38. The minimum Gasteiger partial charge on any atom is -0.432 e. The third-order valence-corrected chi connectivity index (χ3v) is 2.86. The lowest BCUT2D eigenvalue weighted by atomic mass is 10.3. The Morgan fingerprint density at radius 1 is 1.09 bits per heavy atom. The van der Waals surface area contributed by atoms with E-state index in [1.165, 1.54) is 12.5 Å². The zero-order valence-corrected chi connectivity index (χ0v) is 11.8. The number of para-hydroxylation sites is 1. The first-order valence-electron chi connectivity index (χ1n) is 6.63. The molecule has 23 heavy (non-hydrogen) atoms. The van der Waals surface area contributed by atoms with E-state index >= 15 is 0 Å². The molecule has 0 fully saturated rings. The van der Waals surface area contributed by atoms with E-state index in [2.05, 4.69) is 20.3 Å². The second-order valence-electron chi connectivity index (χ2n) is 4.41. The van der Waals surface area contributed by atoms with Gasteiger partial charge in [0.1, 0.15) is 12.1 Å². The molecule has 3 aromatic rings. The van der Waals surface area contributed by atoms with Crippen molar-refractivity contribution in [1.29, 1.82) is 0 Å². The van der Waals surface area contributed by atoms with Crippen molar-refractivity contribution in [3.8, 4) is 11.6 Å². The number of hydrogen-bond acceptors (Lipinski definition) is 7. The fourth-order valence-corrected chi connectivity index (χ4v) is 1.87. The molecule has 114 valence electrons. The maximum absolute atomic E-state index is 11.4. The molecule has 3 rings (SSSR count). The van der Waals surface area contributed by atoms with E-state index < -0.39 is 4.92 Å². The van der Waals surface area contributed by atoms with Gasteiger partial charge in [0, 0.05) is 11.9 Å². The number of benzene rings is 1. The monoisotopic (exact) mass is 309 g/mol. The second-order valence-corrected chi connectivity index (χ2v) is 4.41. The van der Waals surface area contributed by atoms with Crippen molar-refractivity contribution in [1.82, 2.24) is 15.0 Å². The first kappa shape index (κ1) is 14.4. The van der Waals surface area contributed by atoms with Gasteiger partial charge >= 0.3 is 11.6 Å². The van der Waals surface area contributed by atoms with Crippen LogP contribution in [0, 0.1) is 10.1 Å². The van der Waals surface area contributed by atoms with Gasteiger partial charge in [0.25, 0.3) is 0 Å². The van der Waals surface area contributed by atoms with E-state index in [-0.39, 0.29) is 17.4 Å². The van der Waals surface area contributed by atoms with Crippen molar-refractivity contribution in [2.24, 2.45) is 0 Å². The molecule has 0 saturated heterocycles. The lowest BCUT2D eigenvalue weighted by Crippen LogP contribution is -2.03. The predicted molar refractivity (Wildman–Crippen MR) is 82.7 cm³/mol. The van der Waals surface area contributed by atoms with E-state index in [1.54, 1.807) is 30.5 Å². The summed E-state index contributed by atoms with van der Waals surface area (Å²) in [7, 11) is 0. The molecule has 0 aliphatic rings. The van der Waals surface area contributed by atoms with Crippen LogP contribution >= 0.6 is 0 Å². The summed E-state index contributed by atoms with van der Waals surface area (Å²) in [5.41, 5.74) is 0.321. The van der Waals surface area contributed by atoms with Crippen LogP contribution in [-0.2, 0) is 0 Å². The van der Waals surface area contributed by atoms with Crippen molar-refractivity contribution < 1.29 is 9.66 Å². The average Bonchev–Trinajstić information content (AvgIpc) is 2.56. The molecule has 1 N–H and O–H groups in total. The van der Waals surface area contributed by atoms with Crippen molar-refractivity contribution in [3.63, 3.8) is 0 Å². The summed E-state index contributed by atoms with van der Waals surface area (Å²) in [6, 6.07) is 12.3. The van der Waals surface area contributed by atoms with E-state index in [9.17, 15) is 10.1 Å². The van der Waals surface area contributed by atoms with Gasteiger partial charge in [-0.3, -0.25) is 15.1 Å². The molecule has 0 aliphatic carbocycles. The first-order chi connectivity index (χ1) is 11.2. The zero-order chi connectivity index (χ0) is 16.1. The van der Waals surface area contributed by atoms with E-state index in [4.69, 9.17) is 4.74 Å². The Morgan fingerprint density at radius 2 is 1.91 bits per heavy atom. The van der Waals surface area contributed by atoms with Crippen LogP contribution in [0.5, 0.6) is 11.6 Å². The summed E-state index contributed by atoms with van der Waals surface area (Å²) in [6.45, 7) is 0. The largest absolute Gasteiger partial charge is 0.432 e. The van der Waals surface area contributed by atoms with Gasteiger partial charge in [-0.25, -0.2) is 4.98 Å². The van der Waals surface area contributed by atoms with Crippen LogP contribution in [0.1, 0.15) is 0 Å². The number of nitro groups is 1. The number of aromatic nitrogens is 3. The lowest BCUT2D eigenvalue weighted by molar-refractivity contribution is -0.385. The molecular weight excluding hydrogens is 298 g/mol. The summed E-state index contributed by atoms with van der Waals surface area (Å²) in [6.07, 6.45) is 4.21. The quantitative estimate of drug-likeness (QED) is 0.569. The van der Waals surface area contributed by atoms with Crippen molar-refractivity contribution in [3.05, 3.63) is 71.3 Å². The first-order valence-corrected chi connectivity index (χ1v) is 6.63. The van der Waals surface area contributed by atoms with Gasteiger partial charge in [-0.2, -0.15) is 4.98 Å². The lowest BCUT2D eigenvalue weighted by Gasteiger charge is -2.09. The number of nitrogens with zero attached hydrogens (tertiary/aromatic N) is 4. The molecule has 8 nitrogen and oxygen atoms in total. The molecular formula is C15H11N5O3. The Labute approximate surface area is 131 Å². The number of hydrogen-bond donors (Lipinski definition) is 1. The molecule has 1 aromatic carbocycles. The van der Waals surface area contributed by atoms with E-state index in [0.29, 0.717) is 11.4 Å². The molecule has 0 bridgehead atoms. The number of anilines is 2. The van der Waals surface area contributed by atoms with Crippen LogP contribution in [0.15, 0.2) is 61.2 Å². The number of rotatable bonds is 5. The normalized spacial score (nSPS) is 10.1. The second kappa shape index (κ2) is 6.48. The van der Waals surface area contributed by atoms with E-state index in [1.807, 2.05) is 18.2 Å². The van der Waals surface area contributed by atoms with Crippen LogP contribution in [0.25, 0.3) is 0 Å². The van der Waals surface area contributed by atoms with Crippen molar-refractivity contribution in [2.75, 3.05) is 5.32 Å². The van der Waals surface area contributed by atoms with Crippen LogP contribution in [0.2, 0.25) is 0 Å². The van der Waals surface area contributed by atoms with Gasteiger partial charge in [0.2, 0.25) is 5.82 Å². The number of ether oxygens (including phenoxy) is 1. The highest BCUT2D eigenvalue weighted by Crippen LogP contribution is 2.35. The molecule has 0 spiro atoms. The van der Waals surface area contributed by atoms with Crippen LogP contribution < -0.4 is 10.1 Å². The standard InChI is InChI=1S/C15H11N5O3/c21-20(22)13-14(19-11-5-2-1-3-6-11)17-10-18-15(13)23-12-7-4-8-16-9-12/h1-10H,(H,17,18,19). The summed E-state index contributed by atoms with van der Waals surface area (Å²) in [5, 5.41) is 14.3. The molecule has 0 radical (unpaired) electrons.